The summed E-state index contributed by atoms with van der Waals surface area (Å²) in [6.45, 7) is 1.92. The van der Waals surface area contributed by atoms with E-state index in [0.717, 1.165) is 5.56 Å². The third-order valence-corrected chi connectivity index (χ3v) is 2.28. The standard InChI is InChI=1S/C11H12N2O2/c1-8-3-2-5-13-10(8)9-7-11(14,15)4-6-12-9/h2-6,14-15H,7H2,1H3. The van der Waals surface area contributed by atoms with E-state index in [1.807, 2.05) is 19.1 Å². The Kier molecular flexibility index (Phi) is 2.38. The zero-order valence-corrected chi connectivity index (χ0v) is 8.38. The fourth-order valence-corrected chi connectivity index (χ4v) is 1.53. The van der Waals surface area contributed by atoms with Crippen molar-refractivity contribution in [3.63, 3.8) is 0 Å². The van der Waals surface area contributed by atoms with Crippen LogP contribution in [0.4, 0.5) is 0 Å². The zero-order valence-electron chi connectivity index (χ0n) is 8.38. The van der Waals surface area contributed by atoms with Gasteiger partial charge in [0.05, 0.1) is 11.4 Å². The van der Waals surface area contributed by atoms with Crippen molar-refractivity contribution in [1.29, 1.82) is 0 Å². The van der Waals surface area contributed by atoms with E-state index in [1.54, 1.807) is 6.20 Å². The van der Waals surface area contributed by atoms with Gasteiger partial charge in [-0.2, -0.15) is 0 Å². The summed E-state index contributed by atoms with van der Waals surface area (Å²) in [4.78, 5) is 8.29. The molecule has 0 atom stereocenters. The lowest BCUT2D eigenvalue weighted by Crippen LogP contribution is -2.31. The minimum absolute atomic E-state index is 0.0708. The van der Waals surface area contributed by atoms with Crippen molar-refractivity contribution < 1.29 is 10.2 Å². The van der Waals surface area contributed by atoms with Gasteiger partial charge in [0.15, 0.2) is 5.79 Å². The highest BCUT2D eigenvalue weighted by atomic mass is 16.5. The van der Waals surface area contributed by atoms with E-state index in [2.05, 4.69) is 9.98 Å². The van der Waals surface area contributed by atoms with E-state index in [1.165, 1.54) is 12.3 Å². The Labute approximate surface area is 87.6 Å². The summed E-state index contributed by atoms with van der Waals surface area (Å²) in [5.41, 5.74) is 2.29. The maximum atomic E-state index is 9.46. The minimum Gasteiger partial charge on any atom is -0.362 e. The van der Waals surface area contributed by atoms with E-state index >= 15 is 0 Å². The summed E-state index contributed by atoms with van der Waals surface area (Å²) in [6.07, 6.45) is 4.39. The third kappa shape index (κ3) is 2.11. The monoisotopic (exact) mass is 204 g/mol. The average molecular weight is 204 g/mol. The number of nitrogens with zero attached hydrogens (tertiary/aromatic N) is 2. The van der Waals surface area contributed by atoms with E-state index < -0.39 is 5.79 Å². The van der Waals surface area contributed by atoms with Crippen LogP contribution in [0, 0.1) is 6.92 Å². The molecule has 1 aliphatic heterocycles. The van der Waals surface area contributed by atoms with Crippen LogP contribution in [0.25, 0.3) is 0 Å². The van der Waals surface area contributed by atoms with E-state index in [9.17, 15) is 10.2 Å². The predicted octanol–water partition coefficient (Wildman–Crippen LogP) is 0.777. The largest absolute Gasteiger partial charge is 0.362 e. The molecule has 0 radical (unpaired) electrons. The number of aromatic nitrogens is 1. The van der Waals surface area contributed by atoms with Gasteiger partial charge in [-0.05, 0) is 24.6 Å². The molecule has 0 bridgehead atoms. The molecule has 1 aliphatic rings. The van der Waals surface area contributed by atoms with Crippen LogP contribution in [-0.2, 0) is 0 Å². The molecule has 1 aromatic heterocycles. The number of hydrogen-bond donors (Lipinski definition) is 2. The summed E-state index contributed by atoms with van der Waals surface area (Å²) >= 11 is 0. The van der Waals surface area contributed by atoms with Gasteiger partial charge in [0.2, 0.25) is 0 Å². The molecule has 2 N–H and O–H groups in total. The number of pyridine rings is 1. The first kappa shape index (κ1) is 10.0. The van der Waals surface area contributed by atoms with Crippen molar-refractivity contribution in [2.24, 2.45) is 4.99 Å². The molecule has 0 unspecified atom stereocenters. The molecule has 0 aliphatic carbocycles. The first-order valence-electron chi connectivity index (χ1n) is 4.70. The Balaban J connectivity index is 2.38. The quantitative estimate of drug-likeness (QED) is 0.664. The fourth-order valence-electron chi connectivity index (χ4n) is 1.53. The summed E-state index contributed by atoms with van der Waals surface area (Å²) in [5, 5.41) is 18.9. The van der Waals surface area contributed by atoms with Gasteiger partial charge in [-0.1, -0.05) is 6.07 Å². The highest BCUT2D eigenvalue weighted by Crippen LogP contribution is 2.19. The molecule has 0 fully saturated rings. The average Bonchev–Trinajstić information content (AvgIpc) is 2.17. The summed E-state index contributed by atoms with van der Waals surface area (Å²) in [7, 11) is 0. The Morgan fingerprint density at radius 2 is 2.20 bits per heavy atom. The molecule has 2 rings (SSSR count). The highest BCUT2D eigenvalue weighted by Gasteiger charge is 2.26. The van der Waals surface area contributed by atoms with Crippen LogP contribution in [0.1, 0.15) is 17.7 Å². The van der Waals surface area contributed by atoms with Gasteiger partial charge in [-0.15, -0.1) is 0 Å². The maximum Gasteiger partial charge on any atom is 0.190 e. The molecule has 0 amide bonds. The number of aliphatic hydroxyl groups is 2. The Hall–Kier alpha value is -1.52. The van der Waals surface area contributed by atoms with Crippen molar-refractivity contribution in [1.82, 2.24) is 4.98 Å². The molecule has 2 heterocycles. The predicted molar refractivity (Wildman–Crippen MR) is 56.4 cm³/mol. The second kappa shape index (κ2) is 3.56. The molecule has 1 aromatic rings. The SMILES string of the molecule is Cc1cccnc1C1=NC=CC(O)(O)C1. The van der Waals surface area contributed by atoms with Gasteiger partial charge < -0.3 is 10.2 Å². The summed E-state index contributed by atoms with van der Waals surface area (Å²) in [5.74, 6) is -1.80. The lowest BCUT2D eigenvalue weighted by molar-refractivity contribution is -0.111. The van der Waals surface area contributed by atoms with Crippen molar-refractivity contribution in [2.45, 2.75) is 19.1 Å². The normalized spacial score (nSPS) is 18.7. The highest BCUT2D eigenvalue weighted by molar-refractivity contribution is 6.01. The van der Waals surface area contributed by atoms with Gasteiger partial charge in [0, 0.05) is 18.8 Å². The second-order valence-corrected chi connectivity index (χ2v) is 3.62. The van der Waals surface area contributed by atoms with Crippen LogP contribution in [0.5, 0.6) is 0 Å². The Morgan fingerprint density at radius 1 is 1.40 bits per heavy atom. The first-order valence-corrected chi connectivity index (χ1v) is 4.70. The van der Waals surface area contributed by atoms with E-state index in [4.69, 9.17) is 0 Å². The molecule has 0 saturated heterocycles. The fraction of sp³-hybridized carbons (Fsp3) is 0.273. The zero-order chi connectivity index (χ0) is 10.9. The van der Waals surface area contributed by atoms with Crippen LogP contribution < -0.4 is 0 Å². The topological polar surface area (TPSA) is 65.7 Å². The number of aryl methyl sites for hydroxylation is 1. The number of rotatable bonds is 1. The van der Waals surface area contributed by atoms with Gasteiger partial charge in [-0.25, -0.2) is 0 Å². The van der Waals surface area contributed by atoms with Crippen molar-refractivity contribution in [3.8, 4) is 0 Å². The van der Waals surface area contributed by atoms with Gasteiger partial charge >= 0.3 is 0 Å². The van der Waals surface area contributed by atoms with Crippen molar-refractivity contribution >= 4 is 5.71 Å². The van der Waals surface area contributed by atoms with Gasteiger partial charge in [0.1, 0.15) is 0 Å². The Morgan fingerprint density at radius 3 is 2.87 bits per heavy atom. The van der Waals surface area contributed by atoms with Gasteiger partial charge in [-0.3, -0.25) is 9.98 Å². The molecule has 15 heavy (non-hydrogen) atoms. The summed E-state index contributed by atoms with van der Waals surface area (Å²) < 4.78 is 0. The molecule has 4 nitrogen and oxygen atoms in total. The van der Waals surface area contributed by atoms with Crippen LogP contribution >= 0.6 is 0 Å². The van der Waals surface area contributed by atoms with Crippen LogP contribution in [0.3, 0.4) is 0 Å². The molecule has 0 spiro atoms. The third-order valence-electron chi connectivity index (χ3n) is 2.28. The molecular formula is C11H12N2O2. The van der Waals surface area contributed by atoms with Crippen molar-refractivity contribution in [2.75, 3.05) is 0 Å². The minimum atomic E-state index is -1.80. The van der Waals surface area contributed by atoms with Crippen LogP contribution in [0.15, 0.2) is 35.6 Å². The van der Waals surface area contributed by atoms with Gasteiger partial charge in [0.25, 0.3) is 0 Å². The number of aliphatic imine (C=N–C) groups is 1. The molecule has 4 heteroatoms. The molecule has 0 aromatic carbocycles. The van der Waals surface area contributed by atoms with Crippen molar-refractivity contribution in [3.05, 3.63) is 41.9 Å². The first-order chi connectivity index (χ1) is 7.08. The lowest BCUT2D eigenvalue weighted by Gasteiger charge is -2.21. The smallest absolute Gasteiger partial charge is 0.190 e. The molecule has 0 saturated carbocycles. The van der Waals surface area contributed by atoms with E-state index in [0.29, 0.717) is 11.4 Å². The van der Waals surface area contributed by atoms with E-state index in [-0.39, 0.29) is 6.42 Å². The molecular weight excluding hydrogens is 192 g/mol. The lowest BCUT2D eigenvalue weighted by atomic mass is 10.0. The Bertz CT molecular complexity index is 436. The second-order valence-electron chi connectivity index (χ2n) is 3.62. The number of hydrogen-bond acceptors (Lipinski definition) is 4. The summed E-state index contributed by atoms with van der Waals surface area (Å²) in [6, 6.07) is 3.75. The van der Waals surface area contributed by atoms with Crippen LogP contribution in [-0.4, -0.2) is 26.7 Å². The molecule has 78 valence electrons. The van der Waals surface area contributed by atoms with Crippen LogP contribution in [0.2, 0.25) is 0 Å². The maximum absolute atomic E-state index is 9.46.